The molecule has 55 heavy (non-hydrogen) atoms. The Morgan fingerprint density at radius 2 is 0.855 bits per heavy atom. The van der Waals surface area contributed by atoms with Crippen LogP contribution >= 0.6 is 11.8 Å². The molecule has 5 nitrogen and oxygen atoms in total. The Morgan fingerprint density at radius 3 is 1.40 bits per heavy atom. The normalized spacial score (nSPS) is 14.3. The molecule has 0 aliphatic carbocycles. The molecule has 0 atom stereocenters. The topological polar surface area (TPSA) is 28.2 Å². The zero-order valence-corrected chi connectivity index (χ0v) is 30.1. The van der Waals surface area contributed by atoms with Crippen LogP contribution in [0.15, 0.2) is 180 Å². The maximum Gasteiger partial charge on any atom is 0.252 e. The molecule has 256 valence electrons. The van der Waals surface area contributed by atoms with Gasteiger partial charge in [-0.2, -0.15) is 0 Å². The first-order valence-corrected chi connectivity index (χ1v) is 19.4. The number of para-hydroxylation sites is 8. The summed E-state index contributed by atoms with van der Waals surface area (Å²) in [6.45, 7) is -0.0151. The SMILES string of the molecule is c1ccc2c(c1)Oc1cccc3c1N2c1cc(-c2ccc(N4c5ccccc5Sc5ccccc54)cc2)cc2c1B3c1cccc3c1N2c1ccccc1O3. The van der Waals surface area contributed by atoms with Crippen LogP contribution in [0.25, 0.3) is 11.1 Å². The van der Waals surface area contributed by atoms with Crippen molar-refractivity contribution >= 4 is 86.0 Å². The Bertz CT molecular complexity index is 2790. The van der Waals surface area contributed by atoms with Crippen molar-refractivity contribution < 1.29 is 9.47 Å². The predicted octanol–water partition coefficient (Wildman–Crippen LogP) is 11.6. The van der Waals surface area contributed by atoms with E-state index >= 15 is 0 Å². The van der Waals surface area contributed by atoms with Crippen molar-refractivity contribution in [3.63, 3.8) is 0 Å². The van der Waals surface area contributed by atoms with Crippen LogP contribution in [0.2, 0.25) is 0 Å². The van der Waals surface area contributed by atoms with Crippen molar-refractivity contribution in [2.24, 2.45) is 0 Å². The summed E-state index contributed by atoms with van der Waals surface area (Å²) < 4.78 is 13.3. The minimum Gasteiger partial charge on any atom is -0.453 e. The van der Waals surface area contributed by atoms with Gasteiger partial charge in [-0.3, -0.25) is 0 Å². The molecular formula is C48H28BN3O2S. The van der Waals surface area contributed by atoms with Crippen LogP contribution in [0.3, 0.4) is 0 Å². The molecule has 0 radical (unpaired) electrons. The Kier molecular flexibility index (Phi) is 5.85. The number of ether oxygens (including phenoxy) is 2. The van der Waals surface area contributed by atoms with Crippen molar-refractivity contribution in [3.8, 4) is 34.1 Å². The van der Waals surface area contributed by atoms with Gasteiger partial charge in [0.05, 0.1) is 34.1 Å². The van der Waals surface area contributed by atoms with Crippen LogP contribution in [-0.2, 0) is 0 Å². The molecule has 5 heterocycles. The second kappa shape index (κ2) is 10.9. The van der Waals surface area contributed by atoms with Crippen LogP contribution in [-0.4, -0.2) is 6.71 Å². The molecule has 0 N–H and O–H groups in total. The lowest BCUT2D eigenvalue weighted by molar-refractivity contribution is 0.477. The quantitative estimate of drug-likeness (QED) is 0.165. The van der Waals surface area contributed by atoms with Gasteiger partial charge in [0.15, 0.2) is 23.0 Å². The van der Waals surface area contributed by atoms with E-state index in [9.17, 15) is 0 Å². The fourth-order valence-electron chi connectivity index (χ4n) is 9.34. The van der Waals surface area contributed by atoms with Gasteiger partial charge >= 0.3 is 0 Å². The summed E-state index contributed by atoms with van der Waals surface area (Å²) in [4.78, 5) is 9.78. The fraction of sp³-hybridized carbons (Fsp3) is 0. The highest BCUT2D eigenvalue weighted by Crippen LogP contribution is 2.57. The molecule has 0 spiro atoms. The molecule has 0 fully saturated rings. The molecule has 0 saturated carbocycles. The molecule has 8 aromatic carbocycles. The maximum atomic E-state index is 6.64. The minimum atomic E-state index is -0.0151. The molecule has 7 heteroatoms. The van der Waals surface area contributed by atoms with Crippen molar-refractivity contribution in [1.82, 2.24) is 0 Å². The van der Waals surface area contributed by atoms with Crippen molar-refractivity contribution in [2.75, 3.05) is 14.7 Å². The molecule has 13 rings (SSSR count). The number of benzene rings is 8. The largest absolute Gasteiger partial charge is 0.453 e. The zero-order chi connectivity index (χ0) is 35.8. The number of hydrogen-bond donors (Lipinski definition) is 0. The highest BCUT2D eigenvalue weighted by molar-refractivity contribution is 7.99. The van der Waals surface area contributed by atoms with Crippen LogP contribution in [0.1, 0.15) is 0 Å². The van der Waals surface area contributed by atoms with Gasteiger partial charge in [-0.15, -0.1) is 0 Å². The van der Waals surface area contributed by atoms with Crippen molar-refractivity contribution in [1.29, 1.82) is 0 Å². The Hall–Kier alpha value is -6.83. The fourth-order valence-corrected chi connectivity index (χ4v) is 10.4. The Balaban J connectivity index is 1.06. The summed E-state index contributed by atoms with van der Waals surface area (Å²) in [7, 11) is 0. The number of rotatable bonds is 2. The van der Waals surface area contributed by atoms with Gasteiger partial charge in [0.1, 0.15) is 0 Å². The Labute approximate surface area is 322 Å². The van der Waals surface area contributed by atoms with E-state index in [1.165, 1.54) is 37.6 Å². The lowest BCUT2D eigenvalue weighted by Crippen LogP contribution is -2.61. The third-order valence-electron chi connectivity index (χ3n) is 11.6. The first kappa shape index (κ1) is 29.6. The van der Waals surface area contributed by atoms with Gasteiger partial charge < -0.3 is 24.2 Å². The number of nitrogens with zero attached hydrogens (tertiary/aromatic N) is 3. The lowest BCUT2D eigenvalue weighted by atomic mass is 9.33. The van der Waals surface area contributed by atoms with E-state index in [0.717, 1.165) is 73.9 Å². The number of anilines is 9. The molecule has 0 saturated heterocycles. The summed E-state index contributed by atoms with van der Waals surface area (Å²) in [6, 6.07) is 61.0. The van der Waals surface area contributed by atoms with E-state index in [4.69, 9.17) is 9.47 Å². The average Bonchev–Trinajstić information content (AvgIpc) is 3.24. The van der Waals surface area contributed by atoms with Crippen LogP contribution < -0.4 is 40.6 Å². The van der Waals surface area contributed by atoms with E-state index < -0.39 is 0 Å². The molecular weight excluding hydrogens is 693 g/mol. The molecule has 0 unspecified atom stereocenters. The summed E-state index contributed by atoms with van der Waals surface area (Å²) in [5, 5.41) is 0. The third-order valence-corrected chi connectivity index (χ3v) is 12.7. The Morgan fingerprint density at radius 1 is 0.382 bits per heavy atom. The van der Waals surface area contributed by atoms with Crippen LogP contribution in [0, 0.1) is 0 Å². The zero-order valence-electron chi connectivity index (χ0n) is 29.3. The highest BCUT2D eigenvalue weighted by Gasteiger charge is 2.48. The number of hydrogen-bond acceptors (Lipinski definition) is 6. The second-order valence-electron chi connectivity index (χ2n) is 14.5. The van der Waals surface area contributed by atoms with E-state index in [2.05, 4.69) is 172 Å². The average molecular weight is 722 g/mol. The van der Waals surface area contributed by atoms with Gasteiger partial charge in [0.25, 0.3) is 6.71 Å². The highest BCUT2D eigenvalue weighted by atomic mass is 32.2. The van der Waals surface area contributed by atoms with E-state index in [-0.39, 0.29) is 6.71 Å². The lowest BCUT2D eigenvalue weighted by Gasteiger charge is -2.47. The van der Waals surface area contributed by atoms with Crippen LogP contribution in [0.4, 0.5) is 51.2 Å². The smallest absolute Gasteiger partial charge is 0.252 e. The maximum absolute atomic E-state index is 6.64. The molecule has 8 aromatic rings. The first-order chi connectivity index (χ1) is 27.3. The molecule has 0 bridgehead atoms. The minimum absolute atomic E-state index is 0.0151. The standard InChI is InChI=1S/C48H28BN3O2S/c1-5-17-40-34(13-1)51-38-27-30(29-23-25-31(26-24-29)50-36-15-3-7-21-44(36)55-45-22-8-4-16-37(45)50)28-39-46(38)49(32-11-9-19-42(53-40)47(32)51)33-12-10-20-43-48(33)52(39)35-14-2-6-18-41(35)54-43/h1-28H. The van der Waals surface area contributed by atoms with Crippen LogP contribution in [0.5, 0.6) is 23.0 Å². The third kappa shape index (κ3) is 4.00. The van der Waals surface area contributed by atoms with E-state index in [0.29, 0.717) is 0 Å². The molecule has 5 aliphatic rings. The number of fused-ring (bicyclic) bond motifs is 10. The van der Waals surface area contributed by atoms with Crippen molar-refractivity contribution in [3.05, 3.63) is 170 Å². The summed E-state index contributed by atoms with van der Waals surface area (Å²) in [6.07, 6.45) is 0. The van der Waals surface area contributed by atoms with Crippen molar-refractivity contribution in [2.45, 2.75) is 9.79 Å². The van der Waals surface area contributed by atoms with E-state index in [1.807, 2.05) is 23.9 Å². The summed E-state index contributed by atoms with van der Waals surface area (Å²) in [5.74, 6) is 3.44. The monoisotopic (exact) mass is 721 g/mol. The van der Waals surface area contributed by atoms with Gasteiger partial charge in [0, 0.05) is 26.9 Å². The van der Waals surface area contributed by atoms with Gasteiger partial charge in [-0.05, 0) is 112 Å². The summed E-state index contributed by atoms with van der Waals surface area (Å²) >= 11 is 1.83. The molecule has 5 aliphatic heterocycles. The first-order valence-electron chi connectivity index (χ1n) is 18.6. The molecule has 0 aromatic heterocycles. The second-order valence-corrected chi connectivity index (χ2v) is 15.6. The van der Waals surface area contributed by atoms with Gasteiger partial charge in [-0.25, -0.2) is 0 Å². The van der Waals surface area contributed by atoms with Gasteiger partial charge in [0.2, 0.25) is 0 Å². The predicted molar refractivity (Wildman–Crippen MR) is 225 cm³/mol. The van der Waals surface area contributed by atoms with E-state index in [1.54, 1.807) is 0 Å². The molecule has 0 amide bonds. The summed E-state index contributed by atoms with van der Waals surface area (Å²) in [5.41, 5.74) is 16.1. The van der Waals surface area contributed by atoms with Gasteiger partial charge in [-0.1, -0.05) is 96.7 Å².